The summed E-state index contributed by atoms with van der Waals surface area (Å²) in [5, 5.41) is 2.16. The van der Waals surface area contributed by atoms with Crippen LogP contribution in [0.2, 0.25) is 10.0 Å². The number of methoxy groups -OCH3 is 1. The van der Waals surface area contributed by atoms with Crippen LogP contribution in [0.3, 0.4) is 0 Å². The topological polar surface area (TPSA) is 138 Å². The average Bonchev–Trinajstić information content (AvgIpc) is 3.20. The van der Waals surface area contributed by atoms with E-state index in [9.17, 15) is 24.0 Å². The van der Waals surface area contributed by atoms with E-state index in [0.29, 0.717) is 23.7 Å². The minimum Gasteiger partial charge on any atom is -0.493 e. The zero-order valence-corrected chi connectivity index (χ0v) is 25.3. The first kappa shape index (κ1) is 32.8. The molecule has 0 unspecified atom stereocenters. The highest BCUT2D eigenvalue weighted by Gasteiger charge is 2.36. The van der Waals surface area contributed by atoms with Gasteiger partial charge in [-0.15, -0.1) is 0 Å². The van der Waals surface area contributed by atoms with Crippen LogP contribution in [0.4, 0.5) is 10.5 Å². The van der Waals surface area contributed by atoms with Crippen LogP contribution >= 0.6 is 35.0 Å². The van der Waals surface area contributed by atoms with Crippen molar-refractivity contribution < 1.29 is 42.9 Å². The number of hydrogen-bond donors (Lipinski definition) is 1. The average molecular weight is 640 g/mol. The third-order valence-corrected chi connectivity index (χ3v) is 7.08. The van der Waals surface area contributed by atoms with Crippen molar-refractivity contribution in [3.05, 3.63) is 56.4 Å². The van der Waals surface area contributed by atoms with Gasteiger partial charge in [-0.1, -0.05) is 36.5 Å². The molecule has 1 aliphatic heterocycles. The lowest BCUT2D eigenvalue weighted by molar-refractivity contribution is -0.145. The Morgan fingerprint density at radius 3 is 2.50 bits per heavy atom. The Bertz CT molecular complexity index is 1410. The van der Waals surface area contributed by atoms with Crippen LogP contribution in [0.1, 0.15) is 42.6 Å². The highest BCUT2D eigenvalue weighted by atomic mass is 35.5. The smallest absolute Gasteiger partial charge is 0.344 e. The van der Waals surface area contributed by atoms with Gasteiger partial charge in [0.1, 0.15) is 6.54 Å². The van der Waals surface area contributed by atoms with Crippen molar-refractivity contribution in [2.45, 2.75) is 26.7 Å². The molecule has 224 valence electrons. The molecule has 1 aliphatic rings. The van der Waals surface area contributed by atoms with E-state index in [0.717, 1.165) is 11.3 Å². The molecule has 0 bridgehead atoms. The molecule has 3 rings (SSSR count). The maximum Gasteiger partial charge on any atom is 0.344 e. The number of carbonyl (C=O) groups excluding carboxylic acids is 5. The van der Waals surface area contributed by atoms with Crippen LogP contribution in [-0.2, 0) is 23.9 Å². The van der Waals surface area contributed by atoms with Gasteiger partial charge in [0, 0.05) is 5.69 Å². The number of thioether (sulfide) groups is 1. The van der Waals surface area contributed by atoms with E-state index < -0.39 is 35.5 Å². The van der Waals surface area contributed by atoms with Gasteiger partial charge in [-0.3, -0.25) is 19.3 Å². The summed E-state index contributed by atoms with van der Waals surface area (Å²) in [5.41, 5.74) is 0.724. The molecule has 14 heteroatoms. The summed E-state index contributed by atoms with van der Waals surface area (Å²) in [7, 11) is 1.37. The summed E-state index contributed by atoms with van der Waals surface area (Å²) in [4.78, 5) is 63.1. The largest absolute Gasteiger partial charge is 0.493 e. The van der Waals surface area contributed by atoms with Crippen LogP contribution < -0.4 is 14.8 Å². The van der Waals surface area contributed by atoms with E-state index in [1.807, 2.05) is 6.92 Å². The highest BCUT2D eigenvalue weighted by Crippen LogP contribution is 2.39. The number of unbranched alkanes of at least 4 members (excludes halogenated alkanes) is 1. The lowest BCUT2D eigenvalue weighted by Crippen LogP contribution is -2.36. The minimum atomic E-state index is -0.686. The van der Waals surface area contributed by atoms with E-state index >= 15 is 0 Å². The molecule has 2 aromatic carbocycles. The van der Waals surface area contributed by atoms with Crippen LogP contribution in [-0.4, -0.2) is 67.4 Å². The molecule has 2 aromatic rings. The number of imide groups is 1. The summed E-state index contributed by atoms with van der Waals surface area (Å²) in [5.74, 6) is -2.27. The van der Waals surface area contributed by atoms with Crippen molar-refractivity contribution >= 4 is 75.7 Å². The molecule has 0 aromatic heterocycles. The first-order chi connectivity index (χ1) is 20.1. The molecule has 3 amide bonds. The van der Waals surface area contributed by atoms with Crippen LogP contribution in [0.15, 0.2) is 35.2 Å². The number of rotatable bonds is 13. The Morgan fingerprint density at radius 1 is 1.05 bits per heavy atom. The number of nitrogens with one attached hydrogen (secondary N) is 1. The number of carbonyl (C=O) groups is 5. The monoisotopic (exact) mass is 638 g/mol. The predicted octanol–water partition coefficient (Wildman–Crippen LogP) is 5.58. The Kier molecular flexibility index (Phi) is 12.1. The number of anilines is 1. The van der Waals surface area contributed by atoms with E-state index in [-0.39, 0.29) is 57.5 Å². The summed E-state index contributed by atoms with van der Waals surface area (Å²) in [6, 6.07) is 7.26. The molecule has 0 saturated carbocycles. The van der Waals surface area contributed by atoms with Crippen molar-refractivity contribution in [3.8, 4) is 11.5 Å². The van der Waals surface area contributed by atoms with Gasteiger partial charge in [-0.25, -0.2) is 9.59 Å². The molecular formula is C28H28Cl2N2O9S. The fourth-order valence-electron chi connectivity index (χ4n) is 3.58. The van der Waals surface area contributed by atoms with Crippen molar-refractivity contribution in [2.24, 2.45) is 0 Å². The second kappa shape index (κ2) is 15.5. The molecule has 1 fully saturated rings. The summed E-state index contributed by atoms with van der Waals surface area (Å²) >= 11 is 13.1. The second-order valence-corrected chi connectivity index (χ2v) is 10.4. The standard InChI is InChI=1S/C28H28Cl2N2O9S/c1-4-6-9-40-27(36)18-13-17(7-8-19(18)29)31-23(33)14-32-26(35)22(42-28(32)37)12-16-10-20(30)25(21(11-16)38-3)41-15-24(34)39-5-2/h7-8,10-13H,4-6,9,14-15H2,1-3H3,(H,31,33)/b22-12-. The third-order valence-electron chi connectivity index (χ3n) is 5.57. The highest BCUT2D eigenvalue weighted by molar-refractivity contribution is 8.18. The number of esters is 2. The lowest BCUT2D eigenvalue weighted by Gasteiger charge is -2.14. The number of halogens is 2. The fourth-order valence-corrected chi connectivity index (χ4v) is 4.88. The molecule has 1 N–H and O–H groups in total. The Balaban J connectivity index is 1.69. The van der Waals surface area contributed by atoms with Crippen molar-refractivity contribution in [1.82, 2.24) is 4.90 Å². The van der Waals surface area contributed by atoms with Gasteiger partial charge in [-0.05, 0) is 67.1 Å². The molecule has 1 saturated heterocycles. The van der Waals surface area contributed by atoms with E-state index in [1.54, 1.807) is 6.92 Å². The summed E-state index contributed by atoms with van der Waals surface area (Å²) in [6.07, 6.45) is 2.97. The lowest BCUT2D eigenvalue weighted by atomic mass is 10.1. The molecule has 0 aliphatic carbocycles. The first-order valence-corrected chi connectivity index (χ1v) is 14.3. The van der Waals surface area contributed by atoms with Crippen molar-refractivity contribution in [1.29, 1.82) is 0 Å². The first-order valence-electron chi connectivity index (χ1n) is 12.8. The molecule has 1 heterocycles. The maximum atomic E-state index is 13.0. The summed E-state index contributed by atoms with van der Waals surface area (Å²) in [6.45, 7) is 3.11. The molecule has 0 atom stereocenters. The van der Waals surface area contributed by atoms with Gasteiger partial charge < -0.3 is 24.3 Å². The molecular weight excluding hydrogens is 611 g/mol. The SMILES string of the molecule is CCCCOC(=O)c1cc(NC(=O)CN2C(=O)S/C(=C\c3cc(Cl)c(OCC(=O)OCC)c(OC)c3)C2=O)ccc1Cl. The zero-order chi connectivity index (χ0) is 30.8. The predicted molar refractivity (Wildman–Crippen MR) is 158 cm³/mol. The van der Waals surface area contributed by atoms with Crippen LogP contribution in [0.25, 0.3) is 6.08 Å². The number of ether oxygens (including phenoxy) is 4. The van der Waals surface area contributed by atoms with E-state index in [1.165, 1.54) is 43.5 Å². The van der Waals surface area contributed by atoms with Gasteiger partial charge in [0.15, 0.2) is 18.1 Å². The minimum absolute atomic E-state index is 0.0507. The van der Waals surface area contributed by atoms with Gasteiger partial charge in [0.2, 0.25) is 5.91 Å². The Hall–Kier alpha value is -3.74. The third kappa shape index (κ3) is 8.63. The van der Waals surface area contributed by atoms with Crippen molar-refractivity contribution in [3.63, 3.8) is 0 Å². The Labute approximate surface area is 256 Å². The van der Waals surface area contributed by atoms with Gasteiger partial charge in [-0.2, -0.15) is 0 Å². The number of hydrogen-bond acceptors (Lipinski definition) is 10. The van der Waals surface area contributed by atoms with Gasteiger partial charge >= 0.3 is 11.9 Å². The van der Waals surface area contributed by atoms with Gasteiger partial charge in [0.25, 0.3) is 11.1 Å². The van der Waals surface area contributed by atoms with Crippen LogP contribution in [0, 0.1) is 0 Å². The second-order valence-electron chi connectivity index (χ2n) is 8.63. The summed E-state index contributed by atoms with van der Waals surface area (Å²) < 4.78 is 20.7. The quantitative estimate of drug-likeness (QED) is 0.168. The van der Waals surface area contributed by atoms with E-state index in [4.69, 9.17) is 42.1 Å². The van der Waals surface area contributed by atoms with Gasteiger partial charge in [0.05, 0.1) is 40.8 Å². The molecule has 42 heavy (non-hydrogen) atoms. The molecule has 0 spiro atoms. The fraction of sp³-hybridized carbons (Fsp3) is 0.321. The Morgan fingerprint density at radius 2 is 1.81 bits per heavy atom. The maximum absolute atomic E-state index is 13.0. The zero-order valence-electron chi connectivity index (χ0n) is 23.0. The van der Waals surface area contributed by atoms with Crippen molar-refractivity contribution in [2.75, 3.05) is 38.8 Å². The van der Waals surface area contributed by atoms with Crippen LogP contribution in [0.5, 0.6) is 11.5 Å². The molecule has 0 radical (unpaired) electrons. The number of nitrogens with zero attached hydrogens (tertiary/aromatic N) is 1. The van der Waals surface area contributed by atoms with E-state index in [2.05, 4.69) is 5.32 Å². The number of benzene rings is 2. The normalized spacial score (nSPS) is 13.7. The number of amides is 3. The molecule has 11 nitrogen and oxygen atoms in total.